The van der Waals surface area contributed by atoms with E-state index in [0.717, 1.165) is 0 Å². The molecular formula is C11H15Cl2N5O3. The van der Waals surface area contributed by atoms with Gasteiger partial charge in [0.1, 0.15) is 30.2 Å². The summed E-state index contributed by atoms with van der Waals surface area (Å²) < 4.78 is 13.1. The molecule has 2 aromatic rings. The molecule has 4 heterocycles. The Morgan fingerprint density at radius 2 is 1.90 bits per heavy atom. The van der Waals surface area contributed by atoms with Gasteiger partial charge in [-0.25, -0.2) is 15.0 Å². The van der Waals surface area contributed by atoms with E-state index in [0.29, 0.717) is 30.2 Å². The van der Waals surface area contributed by atoms with Gasteiger partial charge in [-0.05, 0) is 0 Å². The van der Waals surface area contributed by atoms with E-state index in [1.54, 1.807) is 6.33 Å². The highest BCUT2D eigenvalue weighted by atomic mass is 35.5. The van der Waals surface area contributed by atoms with Crippen LogP contribution in [-0.4, -0.2) is 56.2 Å². The van der Waals surface area contributed by atoms with Crippen LogP contribution in [0, 0.1) is 0 Å². The Bertz CT molecular complexity index is 639. The van der Waals surface area contributed by atoms with E-state index < -0.39 is 6.10 Å². The molecule has 4 rings (SSSR count). The minimum Gasteiger partial charge on any atom is -0.388 e. The lowest BCUT2D eigenvalue weighted by molar-refractivity contribution is 0.0173. The zero-order chi connectivity index (χ0) is 13.0. The molecule has 0 amide bonds. The number of anilines is 1. The van der Waals surface area contributed by atoms with E-state index >= 15 is 0 Å². The van der Waals surface area contributed by atoms with E-state index in [-0.39, 0.29) is 43.1 Å². The number of nitrogens with two attached hydrogens (primary N) is 1. The zero-order valence-corrected chi connectivity index (χ0v) is 12.5. The van der Waals surface area contributed by atoms with Crippen LogP contribution in [0.4, 0.5) is 5.82 Å². The van der Waals surface area contributed by atoms with Gasteiger partial charge in [0.05, 0.1) is 25.6 Å². The fraction of sp³-hybridized carbons (Fsp3) is 0.545. The minimum atomic E-state index is -0.565. The van der Waals surface area contributed by atoms with Crippen molar-refractivity contribution in [3.05, 3.63) is 12.7 Å². The van der Waals surface area contributed by atoms with Gasteiger partial charge in [0.15, 0.2) is 11.5 Å². The number of rotatable bonds is 1. The summed E-state index contributed by atoms with van der Waals surface area (Å²) in [6.07, 6.45) is 2.06. The lowest BCUT2D eigenvalue weighted by Gasteiger charge is -2.17. The van der Waals surface area contributed by atoms with Crippen molar-refractivity contribution in [2.75, 3.05) is 18.9 Å². The maximum absolute atomic E-state index is 9.75. The van der Waals surface area contributed by atoms with Gasteiger partial charge in [-0.1, -0.05) is 0 Å². The first kappa shape index (κ1) is 16.2. The highest BCUT2D eigenvalue weighted by Gasteiger charge is 2.48. The number of aliphatic hydroxyl groups is 1. The fourth-order valence-corrected chi connectivity index (χ4v) is 2.81. The summed E-state index contributed by atoms with van der Waals surface area (Å²) in [5.74, 6) is 0.353. The number of hydrogen-bond donors (Lipinski definition) is 2. The van der Waals surface area contributed by atoms with Crippen LogP contribution in [0.5, 0.6) is 0 Å². The summed E-state index contributed by atoms with van der Waals surface area (Å²) in [6.45, 7) is 0.761. The number of imidazole rings is 1. The summed E-state index contributed by atoms with van der Waals surface area (Å²) >= 11 is 0. The Balaban J connectivity index is 0.000000807. The summed E-state index contributed by atoms with van der Waals surface area (Å²) in [5.41, 5.74) is 7.00. The SMILES string of the molecule is Cl.Cl.Nc1ncnc2c1ncn2[C@@H]1COC2C1OC[C@H]2O. The third-order valence-corrected chi connectivity index (χ3v) is 3.75. The summed E-state index contributed by atoms with van der Waals surface area (Å²) in [7, 11) is 0. The first-order chi connectivity index (χ1) is 9.25. The number of hydrogen-bond acceptors (Lipinski definition) is 7. The molecule has 2 unspecified atom stereocenters. The van der Waals surface area contributed by atoms with Crippen LogP contribution in [-0.2, 0) is 9.47 Å². The Kier molecular flexibility index (Phi) is 4.54. The summed E-state index contributed by atoms with van der Waals surface area (Å²) in [6, 6.07) is -0.0542. The first-order valence-corrected chi connectivity index (χ1v) is 6.10. The molecule has 0 saturated carbocycles. The number of fused-ring (bicyclic) bond motifs is 2. The average molecular weight is 336 g/mol. The highest BCUT2D eigenvalue weighted by molar-refractivity contribution is 5.85. The molecule has 2 fully saturated rings. The molecule has 4 atom stereocenters. The Morgan fingerprint density at radius 3 is 2.71 bits per heavy atom. The third kappa shape index (κ3) is 2.33. The maximum Gasteiger partial charge on any atom is 0.165 e. The molecule has 2 aliphatic rings. The van der Waals surface area contributed by atoms with Crippen LogP contribution in [0.2, 0.25) is 0 Å². The Hall–Kier alpha value is -1.19. The number of nitrogens with zero attached hydrogens (tertiary/aromatic N) is 4. The van der Waals surface area contributed by atoms with Crippen molar-refractivity contribution in [2.24, 2.45) is 0 Å². The first-order valence-electron chi connectivity index (χ1n) is 6.10. The number of nitrogen functional groups attached to an aromatic ring is 1. The quantitative estimate of drug-likeness (QED) is 0.752. The van der Waals surface area contributed by atoms with Gasteiger partial charge in [-0.3, -0.25) is 0 Å². The summed E-state index contributed by atoms with van der Waals surface area (Å²) in [5, 5.41) is 9.75. The van der Waals surface area contributed by atoms with E-state index in [1.165, 1.54) is 6.33 Å². The van der Waals surface area contributed by atoms with Crippen molar-refractivity contribution in [3.63, 3.8) is 0 Å². The topological polar surface area (TPSA) is 108 Å². The number of ether oxygens (including phenoxy) is 2. The van der Waals surface area contributed by atoms with Crippen LogP contribution in [0.1, 0.15) is 6.04 Å². The minimum absolute atomic E-state index is 0. The monoisotopic (exact) mass is 335 g/mol. The van der Waals surface area contributed by atoms with Crippen molar-refractivity contribution in [3.8, 4) is 0 Å². The molecule has 8 nitrogen and oxygen atoms in total. The molecule has 2 saturated heterocycles. The van der Waals surface area contributed by atoms with E-state index in [1.807, 2.05) is 4.57 Å². The number of aromatic nitrogens is 4. The van der Waals surface area contributed by atoms with Crippen LogP contribution >= 0.6 is 24.8 Å². The molecule has 0 aliphatic carbocycles. The van der Waals surface area contributed by atoms with Crippen molar-refractivity contribution in [2.45, 2.75) is 24.4 Å². The van der Waals surface area contributed by atoms with Crippen LogP contribution < -0.4 is 5.73 Å². The zero-order valence-electron chi connectivity index (χ0n) is 10.8. The fourth-order valence-electron chi connectivity index (χ4n) is 2.81. The van der Waals surface area contributed by atoms with E-state index in [2.05, 4.69) is 15.0 Å². The second-order valence-corrected chi connectivity index (χ2v) is 4.81. The van der Waals surface area contributed by atoms with Crippen LogP contribution in [0.25, 0.3) is 11.2 Å². The smallest absolute Gasteiger partial charge is 0.165 e. The molecule has 0 aromatic carbocycles. The van der Waals surface area contributed by atoms with Gasteiger partial charge in [0.2, 0.25) is 0 Å². The molecule has 0 radical (unpaired) electrons. The molecule has 2 aliphatic heterocycles. The molecule has 0 bridgehead atoms. The van der Waals surface area contributed by atoms with Crippen molar-refractivity contribution in [1.82, 2.24) is 19.5 Å². The Labute approximate surface area is 132 Å². The second kappa shape index (κ2) is 5.90. The molecule has 116 valence electrons. The third-order valence-electron chi connectivity index (χ3n) is 3.75. The van der Waals surface area contributed by atoms with Gasteiger partial charge >= 0.3 is 0 Å². The molecule has 10 heteroatoms. The van der Waals surface area contributed by atoms with Gasteiger partial charge in [0, 0.05) is 0 Å². The largest absolute Gasteiger partial charge is 0.388 e. The highest BCUT2D eigenvalue weighted by Crippen LogP contribution is 2.35. The van der Waals surface area contributed by atoms with Gasteiger partial charge in [0.25, 0.3) is 0 Å². The predicted octanol–water partition coefficient (Wildman–Crippen LogP) is -0.0483. The number of halogens is 2. The van der Waals surface area contributed by atoms with E-state index in [4.69, 9.17) is 15.2 Å². The second-order valence-electron chi connectivity index (χ2n) is 4.81. The van der Waals surface area contributed by atoms with Gasteiger partial charge in [-0.15, -0.1) is 24.8 Å². The standard InChI is InChI=1S/C11H13N5O3.2ClH/c12-10-7-11(14-3-13-10)16(4-15-7)5-1-18-9-6(17)2-19-8(5)9;;/h3-6,8-9,17H,1-2H2,(H2,12,13,14);2*1H/t5-,6-,8?,9?;;/m1../s1. The van der Waals surface area contributed by atoms with E-state index in [9.17, 15) is 5.11 Å². The molecule has 0 spiro atoms. The maximum atomic E-state index is 9.75. The lowest BCUT2D eigenvalue weighted by atomic mass is 10.1. The Morgan fingerprint density at radius 1 is 1.14 bits per heavy atom. The molecular weight excluding hydrogens is 321 g/mol. The molecule has 2 aromatic heterocycles. The normalized spacial score (nSPS) is 30.7. The lowest BCUT2D eigenvalue weighted by Crippen LogP contribution is -2.30. The van der Waals surface area contributed by atoms with Gasteiger partial charge in [-0.2, -0.15) is 0 Å². The average Bonchev–Trinajstić information content (AvgIpc) is 3.06. The van der Waals surface area contributed by atoms with Crippen molar-refractivity contribution in [1.29, 1.82) is 0 Å². The predicted molar refractivity (Wildman–Crippen MR) is 78.8 cm³/mol. The number of aliphatic hydroxyl groups excluding tert-OH is 1. The van der Waals surface area contributed by atoms with Gasteiger partial charge < -0.3 is 24.9 Å². The van der Waals surface area contributed by atoms with Crippen molar-refractivity contribution >= 4 is 41.8 Å². The molecule has 3 N–H and O–H groups in total. The summed E-state index contributed by atoms with van der Waals surface area (Å²) in [4.78, 5) is 12.4. The van der Waals surface area contributed by atoms with Crippen molar-refractivity contribution < 1.29 is 14.6 Å². The van der Waals surface area contributed by atoms with Crippen LogP contribution in [0.15, 0.2) is 12.7 Å². The van der Waals surface area contributed by atoms with Crippen LogP contribution in [0.3, 0.4) is 0 Å². The molecule has 21 heavy (non-hydrogen) atoms.